The molecule has 1 heterocycles. The predicted molar refractivity (Wildman–Crippen MR) is 53.9 cm³/mol. The Morgan fingerprint density at radius 2 is 1.94 bits per heavy atom. The molecule has 0 radical (unpaired) electrons. The van der Waals surface area contributed by atoms with E-state index in [1.54, 1.807) is 0 Å². The van der Waals surface area contributed by atoms with Crippen LogP contribution in [0.5, 0.6) is 0 Å². The lowest BCUT2D eigenvalue weighted by molar-refractivity contribution is 0.112. The Balaban J connectivity index is 2.76. The maximum absolute atomic E-state index is 13.5. The highest BCUT2D eigenvalue weighted by molar-refractivity contribution is 5.85. The predicted octanol–water partition coefficient (Wildman–Crippen LogP) is 2.18. The van der Waals surface area contributed by atoms with Gasteiger partial charge in [-0.25, -0.2) is 8.78 Å². The summed E-state index contributed by atoms with van der Waals surface area (Å²) < 4.78 is 28.3. The average molecular weight is 222 g/mol. The molecule has 0 spiro atoms. The van der Waals surface area contributed by atoms with Crippen LogP contribution in [0.15, 0.2) is 24.4 Å². The van der Waals surface area contributed by atoms with E-state index in [0.717, 1.165) is 12.1 Å². The van der Waals surface area contributed by atoms with E-state index in [2.05, 4.69) is 5.10 Å². The third-order valence-electron chi connectivity index (χ3n) is 2.29. The summed E-state index contributed by atoms with van der Waals surface area (Å²) in [6, 6.07) is 3.55. The summed E-state index contributed by atoms with van der Waals surface area (Å²) in [5.41, 5.74) is 0.0710. The molecule has 3 nitrogen and oxygen atoms in total. The zero-order chi connectivity index (χ0) is 11.7. The van der Waals surface area contributed by atoms with Crippen LogP contribution < -0.4 is 0 Å². The smallest absolute Gasteiger partial charge is 0.153 e. The molecule has 82 valence electrons. The number of benzene rings is 1. The fraction of sp³-hybridized carbons (Fsp3) is 0.0909. The van der Waals surface area contributed by atoms with Crippen molar-refractivity contribution in [3.63, 3.8) is 0 Å². The maximum Gasteiger partial charge on any atom is 0.153 e. The molecular formula is C11H8F2N2O. The van der Waals surface area contributed by atoms with Gasteiger partial charge in [-0.15, -0.1) is 0 Å². The Morgan fingerprint density at radius 3 is 2.50 bits per heavy atom. The molecule has 0 unspecified atom stereocenters. The molecule has 0 aliphatic carbocycles. The van der Waals surface area contributed by atoms with Crippen molar-refractivity contribution in [2.45, 2.75) is 0 Å². The van der Waals surface area contributed by atoms with Crippen LogP contribution in [0, 0.1) is 11.6 Å². The van der Waals surface area contributed by atoms with Gasteiger partial charge >= 0.3 is 0 Å². The van der Waals surface area contributed by atoms with Crippen molar-refractivity contribution in [2.24, 2.45) is 7.05 Å². The van der Waals surface area contributed by atoms with Crippen LogP contribution in [0.3, 0.4) is 0 Å². The molecule has 2 aromatic rings. The minimum atomic E-state index is -0.716. The van der Waals surface area contributed by atoms with Crippen LogP contribution in [0.4, 0.5) is 8.78 Å². The Bertz CT molecular complexity index is 529. The summed E-state index contributed by atoms with van der Waals surface area (Å²) in [7, 11) is 1.52. The van der Waals surface area contributed by atoms with Gasteiger partial charge in [0.25, 0.3) is 0 Å². The third kappa shape index (κ3) is 1.50. The van der Waals surface area contributed by atoms with Gasteiger partial charge in [0.05, 0.1) is 23.0 Å². The monoisotopic (exact) mass is 222 g/mol. The SMILES string of the molecule is Cn1ncc(C=O)c1-c1c(F)cccc1F. The van der Waals surface area contributed by atoms with E-state index < -0.39 is 11.6 Å². The maximum atomic E-state index is 13.5. The fourth-order valence-corrected chi connectivity index (χ4v) is 1.57. The van der Waals surface area contributed by atoms with Gasteiger partial charge in [-0.05, 0) is 12.1 Å². The van der Waals surface area contributed by atoms with Gasteiger partial charge in [-0.1, -0.05) is 6.07 Å². The molecule has 0 aliphatic rings. The first-order chi connectivity index (χ1) is 7.65. The van der Waals surface area contributed by atoms with Gasteiger partial charge < -0.3 is 0 Å². The second-order valence-corrected chi connectivity index (χ2v) is 3.29. The lowest BCUT2D eigenvalue weighted by atomic mass is 10.1. The Labute approximate surface area is 90.3 Å². The van der Waals surface area contributed by atoms with E-state index in [1.807, 2.05) is 0 Å². The highest BCUT2D eigenvalue weighted by Crippen LogP contribution is 2.27. The van der Waals surface area contributed by atoms with E-state index in [1.165, 1.54) is 24.0 Å². The van der Waals surface area contributed by atoms with E-state index in [0.29, 0.717) is 6.29 Å². The van der Waals surface area contributed by atoms with Gasteiger partial charge in [0.15, 0.2) is 6.29 Å². The molecule has 5 heteroatoms. The lowest BCUT2D eigenvalue weighted by Crippen LogP contribution is -2.00. The van der Waals surface area contributed by atoms with Gasteiger partial charge in [-0.3, -0.25) is 9.48 Å². The number of carbonyl (C=O) groups excluding carboxylic acids is 1. The van der Waals surface area contributed by atoms with Crippen molar-refractivity contribution < 1.29 is 13.6 Å². The molecule has 1 aromatic carbocycles. The first-order valence-electron chi connectivity index (χ1n) is 4.56. The van der Waals surface area contributed by atoms with Gasteiger partial charge in [0.1, 0.15) is 11.6 Å². The number of rotatable bonds is 2. The summed E-state index contributed by atoms with van der Waals surface area (Å²) in [5.74, 6) is -1.43. The van der Waals surface area contributed by atoms with Gasteiger partial charge in [0, 0.05) is 7.05 Å². The quantitative estimate of drug-likeness (QED) is 0.730. The standard InChI is InChI=1S/C11H8F2N2O/c1-15-11(7(6-16)5-14-15)10-8(12)3-2-4-9(10)13/h2-6H,1H3. The Hall–Kier alpha value is -2.04. The molecule has 0 atom stereocenters. The number of aryl methyl sites for hydroxylation is 1. The van der Waals surface area contributed by atoms with Crippen molar-refractivity contribution >= 4 is 6.29 Å². The van der Waals surface area contributed by atoms with E-state index in [4.69, 9.17) is 0 Å². The summed E-state index contributed by atoms with van der Waals surface area (Å²) in [4.78, 5) is 10.7. The van der Waals surface area contributed by atoms with Crippen molar-refractivity contribution in [2.75, 3.05) is 0 Å². The number of aromatic nitrogens is 2. The van der Waals surface area contributed by atoms with E-state index in [-0.39, 0.29) is 16.8 Å². The molecule has 16 heavy (non-hydrogen) atoms. The first kappa shape index (κ1) is 10.5. The minimum absolute atomic E-state index is 0.144. The normalized spacial score (nSPS) is 10.4. The Morgan fingerprint density at radius 1 is 1.31 bits per heavy atom. The average Bonchev–Trinajstić information content (AvgIpc) is 2.60. The summed E-state index contributed by atoms with van der Waals surface area (Å²) in [6.07, 6.45) is 1.79. The number of hydrogen-bond acceptors (Lipinski definition) is 2. The topological polar surface area (TPSA) is 34.9 Å². The second-order valence-electron chi connectivity index (χ2n) is 3.29. The zero-order valence-electron chi connectivity index (χ0n) is 8.45. The number of carbonyl (C=O) groups is 1. The largest absolute Gasteiger partial charge is 0.298 e. The molecule has 0 aliphatic heterocycles. The van der Waals surface area contributed by atoms with E-state index in [9.17, 15) is 13.6 Å². The number of aldehydes is 1. The van der Waals surface area contributed by atoms with Crippen LogP contribution >= 0.6 is 0 Å². The Kier molecular flexibility index (Phi) is 2.52. The summed E-state index contributed by atoms with van der Waals surface area (Å²) >= 11 is 0. The summed E-state index contributed by atoms with van der Waals surface area (Å²) in [6.45, 7) is 0. The van der Waals surface area contributed by atoms with Crippen molar-refractivity contribution in [1.82, 2.24) is 9.78 Å². The van der Waals surface area contributed by atoms with Crippen LogP contribution in [-0.2, 0) is 7.05 Å². The van der Waals surface area contributed by atoms with Gasteiger partial charge in [-0.2, -0.15) is 5.10 Å². The molecule has 2 rings (SSSR count). The molecule has 0 saturated heterocycles. The zero-order valence-corrected chi connectivity index (χ0v) is 8.45. The third-order valence-corrected chi connectivity index (χ3v) is 2.29. The number of nitrogens with zero attached hydrogens (tertiary/aromatic N) is 2. The fourth-order valence-electron chi connectivity index (χ4n) is 1.57. The van der Waals surface area contributed by atoms with Crippen molar-refractivity contribution in [3.05, 3.63) is 41.6 Å². The van der Waals surface area contributed by atoms with Gasteiger partial charge in [0.2, 0.25) is 0 Å². The van der Waals surface area contributed by atoms with Crippen molar-refractivity contribution in [1.29, 1.82) is 0 Å². The van der Waals surface area contributed by atoms with Crippen molar-refractivity contribution in [3.8, 4) is 11.3 Å². The summed E-state index contributed by atoms with van der Waals surface area (Å²) in [5, 5.41) is 3.80. The molecular weight excluding hydrogens is 214 g/mol. The molecule has 0 amide bonds. The highest BCUT2D eigenvalue weighted by atomic mass is 19.1. The van der Waals surface area contributed by atoms with Crippen LogP contribution in [0.25, 0.3) is 11.3 Å². The minimum Gasteiger partial charge on any atom is -0.298 e. The highest BCUT2D eigenvalue weighted by Gasteiger charge is 2.18. The van der Waals surface area contributed by atoms with Crippen LogP contribution in [0.2, 0.25) is 0 Å². The first-order valence-corrected chi connectivity index (χ1v) is 4.56. The number of hydrogen-bond donors (Lipinski definition) is 0. The molecule has 1 aromatic heterocycles. The number of halogens is 2. The lowest BCUT2D eigenvalue weighted by Gasteiger charge is -2.06. The van der Waals surface area contributed by atoms with E-state index >= 15 is 0 Å². The second kappa shape index (κ2) is 3.84. The molecule has 0 fully saturated rings. The molecule has 0 N–H and O–H groups in total. The molecule has 0 bridgehead atoms. The van der Waals surface area contributed by atoms with Crippen LogP contribution in [0.1, 0.15) is 10.4 Å². The van der Waals surface area contributed by atoms with Crippen LogP contribution in [-0.4, -0.2) is 16.1 Å². The molecule has 0 saturated carbocycles.